The molecule has 0 fully saturated rings. The van der Waals surface area contributed by atoms with E-state index in [2.05, 4.69) is 15.9 Å². The van der Waals surface area contributed by atoms with Gasteiger partial charge in [-0.15, -0.1) is 0 Å². The molecule has 1 heterocycles. The molecular weight excluding hydrogens is 541 g/mol. The summed E-state index contributed by atoms with van der Waals surface area (Å²) in [5, 5.41) is 10.4. The number of benzene rings is 3. The van der Waals surface area contributed by atoms with Crippen LogP contribution in [-0.4, -0.2) is 34.0 Å². The second-order valence-corrected chi connectivity index (χ2v) is 10.3. The number of amides is 1. The molecule has 3 aromatic carbocycles. The Bertz CT molecular complexity index is 1270. The molecule has 5 nitrogen and oxygen atoms in total. The maximum absolute atomic E-state index is 13.3. The lowest BCUT2D eigenvalue weighted by molar-refractivity contribution is -0.137. The first kappa shape index (κ1) is 24.6. The number of carbonyl (C=O) groups excluding carboxylic acids is 1. The second kappa shape index (κ2) is 9.98. The van der Waals surface area contributed by atoms with Crippen LogP contribution in [0.15, 0.2) is 65.1 Å². The summed E-state index contributed by atoms with van der Waals surface area (Å²) in [5.74, 6) is -0.718. The smallest absolute Gasteiger partial charge is 0.323 e. The second-order valence-electron chi connectivity index (χ2n) is 8.63. The van der Waals surface area contributed by atoms with Crippen molar-refractivity contribution in [1.82, 2.24) is 4.90 Å². The predicted octanol–water partition coefficient (Wildman–Crippen LogP) is 6.42. The average molecular weight is 563 g/mol. The molecule has 1 aliphatic rings. The number of aliphatic carboxylic acids is 1. The van der Waals surface area contributed by atoms with Crippen LogP contribution < -0.4 is 4.74 Å². The monoisotopic (exact) mass is 561 g/mol. The van der Waals surface area contributed by atoms with Crippen LogP contribution in [0.3, 0.4) is 0 Å². The standard InChI is InChI=1S/C26H22BrCl2NO4/c1-26(12-18-5-3-7-21(28)24(18)29)13-19-11-17(8-9-22(19)34-26)25(33)30(15-23(31)32)14-16-4-2-6-20(27)10-16/h2-11H,12-15H2,1H3,(H,31,32). The zero-order valence-corrected chi connectivity index (χ0v) is 21.5. The van der Waals surface area contributed by atoms with Gasteiger partial charge < -0.3 is 14.7 Å². The van der Waals surface area contributed by atoms with E-state index < -0.39 is 18.1 Å². The molecule has 176 valence electrons. The van der Waals surface area contributed by atoms with E-state index in [-0.39, 0.29) is 12.5 Å². The number of ether oxygens (including phenoxy) is 1. The summed E-state index contributed by atoms with van der Waals surface area (Å²) in [4.78, 5) is 26.1. The van der Waals surface area contributed by atoms with Crippen LogP contribution >= 0.6 is 39.1 Å². The molecule has 4 rings (SSSR count). The van der Waals surface area contributed by atoms with E-state index in [0.717, 1.165) is 21.2 Å². The number of hydrogen-bond donors (Lipinski definition) is 1. The fraction of sp³-hybridized carbons (Fsp3) is 0.231. The number of nitrogens with zero attached hydrogens (tertiary/aromatic N) is 1. The Labute approximate surface area is 216 Å². The number of carboxylic acid groups (broad SMARTS) is 1. The molecule has 8 heteroatoms. The van der Waals surface area contributed by atoms with E-state index in [1.54, 1.807) is 24.3 Å². The SMILES string of the molecule is CC1(Cc2cccc(Cl)c2Cl)Cc2cc(C(=O)N(CC(=O)O)Cc3cccc(Br)c3)ccc2O1. The molecule has 1 N–H and O–H groups in total. The third-order valence-electron chi connectivity index (χ3n) is 5.70. The molecule has 0 bridgehead atoms. The summed E-state index contributed by atoms with van der Waals surface area (Å²) in [7, 11) is 0. The van der Waals surface area contributed by atoms with E-state index in [1.165, 1.54) is 4.90 Å². The first-order valence-corrected chi connectivity index (χ1v) is 12.2. The molecule has 0 aromatic heterocycles. The van der Waals surface area contributed by atoms with Gasteiger partial charge in [0.1, 0.15) is 17.9 Å². The molecule has 0 spiro atoms. The summed E-state index contributed by atoms with van der Waals surface area (Å²) in [6.07, 6.45) is 1.13. The summed E-state index contributed by atoms with van der Waals surface area (Å²) in [6, 6.07) is 18.2. The van der Waals surface area contributed by atoms with Gasteiger partial charge in [-0.2, -0.15) is 0 Å². The van der Waals surface area contributed by atoms with E-state index in [1.807, 2.05) is 43.3 Å². The molecule has 0 radical (unpaired) electrons. The number of rotatable bonds is 7. The van der Waals surface area contributed by atoms with Crippen molar-refractivity contribution in [1.29, 1.82) is 0 Å². The van der Waals surface area contributed by atoms with Crippen molar-refractivity contribution in [2.24, 2.45) is 0 Å². The molecule has 0 saturated carbocycles. The van der Waals surface area contributed by atoms with Crippen molar-refractivity contribution in [3.63, 3.8) is 0 Å². The Balaban J connectivity index is 1.55. The Morgan fingerprint density at radius 3 is 2.62 bits per heavy atom. The number of hydrogen-bond acceptors (Lipinski definition) is 3. The van der Waals surface area contributed by atoms with E-state index in [9.17, 15) is 14.7 Å². The van der Waals surface area contributed by atoms with E-state index >= 15 is 0 Å². The van der Waals surface area contributed by atoms with Crippen molar-refractivity contribution in [3.05, 3.63) is 97.4 Å². The first-order chi connectivity index (χ1) is 16.1. The van der Waals surface area contributed by atoms with Crippen LogP contribution in [0, 0.1) is 0 Å². The fourth-order valence-corrected chi connectivity index (χ4v) is 5.08. The molecule has 1 atom stereocenters. The van der Waals surface area contributed by atoms with Crippen LogP contribution in [0.4, 0.5) is 0 Å². The molecule has 0 aliphatic carbocycles. The van der Waals surface area contributed by atoms with Crippen molar-refractivity contribution >= 4 is 51.0 Å². The van der Waals surface area contributed by atoms with Gasteiger partial charge in [-0.25, -0.2) is 0 Å². The third kappa shape index (κ3) is 5.57. The number of fused-ring (bicyclic) bond motifs is 1. The Morgan fingerprint density at radius 2 is 1.88 bits per heavy atom. The molecule has 1 unspecified atom stereocenters. The summed E-state index contributed by atoms with van der Waals surface area (Å²) >= 11 is 16.0. The van der Waals surface area contributed by atoms with Crippen molar-refractivity contribution in [2.75, 3.05) is 6.54 Å². The Morgan fingerprint density at radius 1 is 1.12 bits per heavy atom. The lowest BCUT2D eigenvalue weighted by Gasteiger charge is -2.24. The highest BCUT2D eigenvalue weighted by Gasteiger charge is 2.36. The quantitative estimate of drug-likeness (QED) is 0.361. The van der Waals surface area contributed by atoms with Crippen molar-refractivity contribution in [2.45, 2.75) is 31.9 Å². The largest absolute Gasteiger partial charge is 0.487 e. The van der Waals surface area contributed by atoms with Gasteiger partial charge in [-0.1, -0.05) is 63.4 Å². The van der Waals surface area contributed by atoms with E-state index in [4.69, 9.17) is 27.9 Å². The van der Waals surface area contributed by atoms with Gasteiger partial charge in [0.2, 0.25) is 0 Å². The molecule has 1 amide bonds. The van der Waals surface area contributed by atoms with Gasteiger partial charge in [0, 0.05) is 29.4 Å². The van der Waals surface area contributed by atoms with Gasteiger partial charge in [0.25, 0.3) is 5.91 Å². The minimum absolute atomic E-state index is 0.184. The van der Waals surface area contributed by atoms with Gasteiger partial charge in [-0.05, 0) is 60.0 Å². The minimum atomic E-state index is -1.07. The third-order valence-corrected chi connectivity index (χ3v) is 7.05. The number of carboxylic acids is 1. The Hall–Kier alpha value is -2.54. The van der Waals surface area contributed by atoms with Gasteiger partial charge in [0.05, 0.1) is 10.0 Å². The topological polar surface area (TPSA) is 66.8 Å². The highest BCUT2D eigenvalue weighted by atomic mass is 79.9. The highest BCUT2D eigenvalue weighted by molar-refractivity contribution is 9.10. The van der Waals surface area contributed by atoms with Crippen molar-refractivity contribution in [3.8, 4) is 5.75 Å². The fourth-order valence-electron chi connectivity index (χ4n) is 4.24. The van der Waals surface area contributed by atoms with Crippen LogP contribution in [-0.2, 0) is 24.2 Å². The first-order valence-electron chi connectivity index (χ1n) is 10.6. The molecule has 34 heavy (non-hydrogen) atoms. The normalized spacial score (nSPS) is 16.6. The number of carbonyl (C=O) groups is 2. The van der Waals surface area contributed by atoms with Crippen LogP contribution in [0.2, 0.25) is 10.0 Å². The number of halogens is 3. The van der Waals surface area contributed by atoms with Crippen LogP contribution in [0.25, 0.3) is 0 Å². The van der Waals surface area contributed by atoms with Gasteiger partial charge >= 0.3 is 5.97 Å². The molecule has 1 aliphatic heterocycles. The molecular formula is C26H22BrCl2NO4. The van der Waals surface area contributed by atoms with E-state index in [0.29, 0.717) is 34.2 Å². The van der Waals surface area contributed by atoms with Crippen LogP contribution in [0.1, 0.15) is 34.0 Å². The lowest BCUT2D eigenvalue weighted by Crippen LogP contribution is -2.35. The van der Waals surface area contributed by atoms with Gasteiger partial charge in [-0.3, -0.25) is 9.59 Å². The summed E-state index contributed by atoms with van der Waals surface area (Å²) in [5.41, 5.74) is 2.49. The van der Waals surface area contributed by atoms with Crippen molar-refractivity contribution < 1.29 is 19.4 Å². The highest BCUT2D eigenvalue weighted by Crippen LogP contribution is 2.39. The summed E-state index contributed by atoms with van der Waals surface area (Å²) in [6.45, 7) is 1.78. The summed E-state index contributed by atoms with van der Waals surface area (Å²) < 4.78 is 7.10. The Kier molecular flexibility index (Phi) is 7.22. The molecule has 0 saturated heterocycles. The van der Waals surface area contributed by atoms with Gasteiger partial charge in [0.15, 0.2) is 0 Å². The average Bonchev–Trinajstić information content (AvgIpc) is 3.10. The zero-order valence-electron chi connectivity index (χ0n) is 18.4. The zero-order chi connectivity index (χ0) is 24.5. The maximum atomic E-state index is 13.3. The van der Waals surface area contributed by atoms with Crippen LogP contribution in [0.5, 0.6) is 5.75 Å². The molecule has 3 aromatic rings. The maximum Gasteiger partial charge on any atom is 0.323 e. The predicted molar refractivity (Wildman–Crippen MR) is 136 cm³/mol. The minimum Gasteiger partial charge on any atom is -0.487 e. The lowest BCUT2D eigenvalue weighted by atomic mass is 9.91.